The normalized spacial score (nSPS) is 11.5. The molecule has 1 aromatic rings. The van der Waals surface area contributed by atoms with Crippen molar-refractivity contribution in [3.05, 3.63) is 30.3 Å². The summed E-state index contributed by atoms with van der Waals surface area (Å²) in [6, 6.07) is 10.1. The van der Waals surface area contributed by atoms with Gasteiger partial charge in [-0.05, 0) is 59.9 Å². The number of halogens is 3. The highest BCUT2D eigenvalue weighted by Crippen LogP contribution is 2.48. The molecule has 0 amide bonds. The molecule has 1 aromatic carbocycles. The summed E-state index contributed by atoms with van der Waals surface area (Å²) in [7, 11) is 0. The topological polar surface area (TPSA) is 0 Å². The van der Waals surface area contributed by atoms with E-state index in [2.05, 4.69) is 59.9 Å². The van der Waals surface area contributed by atoms with Gasteiger partial charge in [-0.2, -0.15) is 0 Å². The number of alkyl halides is 3. The quantitative estimate of drug-likeness (QED) is 0.522. The molecule has 11 heavy (non-hydrogen) atoms. The summed E-state index contributed by atoms with van der Waals surface area (Å²) in [4.78, 5) is 1.21. The van der Waals surface area contributed by atoms with Gasteiger partial charge in [0.2, 0.25) is 0 Å². The van der Waals surface area contributed by atoms with Crippen LogP contribution in [-0.2, 0) is 0 Å². The Kier molecular flexibility index (Phi) is 3.95. The van der Waals surface area contributed by atoms with Crippen LogP contribution in [0.3, 0.4) is 0 Å². The van der Waals surface area contributed by atoms with Gasteiger partial charge in [0.25, 0.3) is 0 Å². The number of hydrogen-bond acceptors (Lipinski definition) is 1. The number of benzene rings is 1. The monoisotopic (exact) mass is 358 g/mol. The summed E-state index contributed by atoms with van der Waals surface area (Å²) in [5.74, 6) is 0. The first-order valence-corrected chi connectivity index (χ1v) is 6.08. The molecule has 0 saturated heterocycles. The van der Waals surface area contributed by atoms with Crippen LogP contribution in [0.15, 0.2) is 35.2 Å². The Labute approximate surface area is 95.5 Å². The van der Waals surface area contributed by atoms with Gasteiger partial charge in [-0.1, -0.05) is 30.0 Å². The van der Waals surface area contributed by atoms with E-state index in [1.165, 1.54) is 4.90 Å². The Bertz CT molecular complexity index is 217. The van der Waals surface area contributed by atoms with E-state index in [1.807, 2.05) is 18.2 Å². The van der Waals surface area contributed by atoms with Crippen LogP contribution in [0.2, 0.25) is 0 Å². The Balaban J connectivity index is 2.66. The van der Waals surface area contributed by atoms with Gasteiger partial charge in [0.15, 0.2) is 1.47 Å². The lowest BCUT2D eigenvalue weighted by atomic mass is 10.4. The van der Waals surface area contributed by atoms with Crippen molar-refractivity contribution in [1.82, 2.24) is 0 Å². The first kappa shape index (κ1) is 10.1. The highest BCUT2D eigenvalue weighted by Gasteiger charge is 2.18. The summed E-state index contributed by atoms with van der Waals surface area (Å²) in [6.07, 6.45) is 0. The van der Waals surface area contributed by atoms with Crippen LogP contribution < -0.4 is 0 Å². The average Bonchev–Trinajstić information content (AvgIpc) is 1.85. The maximum Gasteiger partial charge on any atom is 0.184 e. The van der Waals surface area contributed by atoms with E-state index in [-0.39, 0.29) is 1.47 Å². The van der Waals surface area contributed by atoms with Gasteiger partial charge in [0.05, 0.1) is 0 Å². The predicted octanol–water partition coefficient (Wildman–Crippen LogP) is 4.57. The molecule has 0 aliphatic heterocycles. The minimum Gasteiger partial charge on any atom is -0.0848 e. The molecule has 0 unspecified atom stereocenters. The molecule has 0 spiro atoms. The molecule has 0 bridgehead atoms. The zero-order valence-corrected chi connectivity index (χ0v) is 11.0. The molecular formula is C7H5Br3S. The lowest BCUT2D eigenvalue weighted by molar-refractivity contribution is 1.46. The van der Waals surface area contributed by atoms with Gasteiger partial charge in [0, 0.05) is 4.90 Å². The molecule has 0 saturated carbocycles. The minimum absolute atomic E-state index is 0.242. The SMILES string of the molecule is BrC(Br)(Br)Sc1ccccc1. The van der Waals surface area contributed by atoms with Crippen molar-refractivity contribution >= 4 is 59.6 Å². The van der Waals surface area contributed by atoms with Gasteiger partial charge in [-0.3, -0.25) is 0 Å². The fourth-order valence-corrected chi connectivity index (χ4v) is 2.86. The van der Waals surface area contributed by atoms with Crippen molar-refractivity contribution in [2.24, 2.45) is 0 Å². The molecule has 60 valence electrons. The highest BCUT2D eigenvalue weighted by molar-refractivity contribution is 9.42. The Morgan fingerprint density at radius 2 is 1.55 bits per heavy atom. The van der Waals surface area contributed by atoms with E-state index < -0.39 is 0 Å². The first-order chi connectivity index (χ1) is 5.08. The van der Waals surface area contributed by atoms with E-state index >= 15 is 0 Å². The van der Waals surface area contributed by atoms with E-state index in [1.54, 1.807) is 11.8 Å². The van der Waals surface area contributed by atoms with Gasteiger partial charge >= 0.3 is 0 Å². The molecular weight excluding hydrogens is 356 g/mol. The number of thioether (sulfide) groups is 1. The molecule has 0 aromatic heterocycles. The molecule has 0 nitrogen and oxygen atoms in total. The number of rotatable bonds is 1. The molecule has 0 radical (unpaired) electrons. The van der Waals surface area contributed by atoms with E-state index in [0.717, 1.165) is 0 Å². The molecule has 0 N–H and O–H groups in total. The summed E-state index contributed by atoms with van der Waals surface area (Å²) in [5.41, 5.74) is 0. The molecule has 4 heteroatoms. The average molecular weight is 361 g/mol. The molecule has 1 rings (SSSR count). The van der Waals surface area contributed by atoms with Gasteiger partial charge < -0.3 is 0 Å². The van der Waals surface area contributed by atoms with Gasteiger partial charge in [-0.25, -0.2) is 0 Å². The second kappa shape index (κ2) is 4.30. The van der Waals surface area contributed by atoms with Crippen molar-refractivity contribution in [2.45, 2.75) is 6.37 Å². The van der Waals surface area contributed by atoms with Gasteiger partial charge in [-0.15, -0.1) is 0 Å². The van der Waals surface area contributed by atoms with Crippen molar-refractivity contribution in [2.75, 3.05) is 0 Å². The lowest BCUT2D eigenvalue weighted by Gasteiger charge is -2.10. The molecule has 0 aliphatic carbocycles. The summed E-state index contributed by atoms with van der Waals surface area (Å²) in [5, 5.41) is 0. The van der Waals surface area contributed by atoms with Crippen molar-refractivity contribution in [1.29, 1.82) is 0 Å². The zero-order valence-electron chi connectivity index (χ0n) is 5.43. The third-order valence-electron chi connectivity index (χ3n) is 0.977. The Hall–Kier alpha value is 1.01. The fourth-order valence-electron chi connectivity index (χ4n) is 0.622. The van der Waals surface area contributed by atoms with Crippen LogP contribution in [0.25, 0.3) is 0 Å². The maximum atomic E-state index is 3.41. The Morgan fingerprint density at radius 1 is 1.00 bits per heavy atom. The van der Waals surface area contributed by atoms with Crippen LogP contribution in [0.4, 0.5) is 0 Å². The molecule has 0 fully saturated rings. The van der Waals surface area contributed by atoms with Crippen molar-refractivity contribution in [3.8, 4) is 0 Å². The third kappa shape index (κ3) is 4.55. The molecule has 0 atom stereocenters. The van der Waals surface area contributed by atoms with Gasteiger partial charge in [0.1, 0.15) is 0 Å². The van der Waals surface area contributed by atoms with Crippen molar-refractivity contribution < 1.29 is 0 Å². The van der Waals surface area contributed by atoms with E-state index in [9.17, 15) is 0 Å². The van der Waals surface area contributed by atoms with Crippen LogP contribution in [0.5, 0.6) is 0 Å². The summed E-state index contributed by atoms with van der Waals surface area (Å²) in [6.45, 7) is 0. The zero-order chi connectivity index (χ0) is 8.32. The van der Waals surface area contributed by atoms with Crippen LogP contribution >= 0.6 is 59.6 Å². The summed E-state index contributed by atoms with van der Waals surface area (Å²) >= 11 is 11.9. The maximum absolute atomic E-state index is 3.41. The second-order valence-corrected chi connectivity index (χ2v) is 11.5. The predicted molar refractivity (Wildman–Crippen MR) is 61.8 cm³/mol. The van der Waals surface area contributed by atoms with E-state index in [4.69, 9.17) is 0 Å². The first-order valence-electron chi connectivity index (χ1n) is 2.89. The largest absolute Gasteiger partial charge is 0.184 e. The van der Waals surface area contributed by atoms with Crippen LogP contribution in [-0.4, -0.2) is 1.47 Å². The van der Waals surface area contributed by atoms with Crippen LogP contribution in [0, 0.1) is 0 Å². The Morgan fingerprint density at radius 3 is 2.00 bits per heavy atom. The third-order valence-corrected chi connectivity index (χ3v) is 3.17. The lowest BCUT2D eigenvalue weighted by Crippen LogP contribution is -1.88. The molecule has 0 aliphatic rings. The number of hydrogen-bond donors (Lipinski definition) is 0. The standard InChI is InChI=1S/C7H5Br3S/c8-7(9,10)11-6-4-2-1-3-5-6/h1-5H. The molecule has 0 heterocycles. The smallest absolute Gasteiger partial charge is 0.0848 e. The fraction of sp³-hybridized carbons (Fsp3) is 0.143. The van der Waals surface area contributed by atoms with Crippen molar-refractivity contribution in [3.63, 3.8) is 0 Å². The second-order valence-electron chi connectivity index (χ2n) is 1.86. The van der Waals surface area contributed by atoms with Crippen LogP contribution in [0.1, 0.15) is 0 Å². The van der Waals surface area contributed by atoms with E-state index in [0.29, 0.717) is 0 Å². The minimum atomic E-state index is -0.242. The summed E-state index contributed by atoms with van der Waals surface area (Å²) < 4.78 is -0.242. The highest BCUT2D eigenvalue weighted by atomic mass is 80.0.